The van der Waals surface area contributed by atoms with E-state index in [2.05, 4.69) is 25.6 Å². The standard InChI is InChI=1S/C17H19F3N8O/c18-17(19,20)3-4-28-24-8-13(26-28)16(29)22-7-12-9-27-14(25-12)5-11(6-23-27)15(21)10-1-2-10/h5-6,8-10,15H,1-4,7,21H2,(H,22,29). The largest absolute Gasteiger partial charge is 0.390 e. The summed E-state index contributed by atoms with van der Waals surface area (Å²) in [4.78, 5) is 17.4. The highest BCUT2D eigenvalue weighted by molar-refractivity contribution is 5.91. The molecule has 0 saturated heterocycles. The number of rotatable bonds is 7. The first-order chi connectivity index (χ1) is 13.8. The Morgan fingerprint density at radius 2 is 2.10 bits per heavy atom. The van der Waals surface area contributed by atoms with Gasteiger partial charge >= 0.3 is 6.18 Å². The van der Waals surface area contributed by atoms with Crippen molar-refractivity contribution < 1.29 is 18.0 Å². The Hall–Kier alpha value is -3.02. The van der Waals surface area contributed by atoms with Gasteiger partial charge in [0.15, 0.2) is 11.3 Å². The van der Waals surface area contributed by atoms with Crippen LogP contribution in [0.2, 0.25) is 0 Å². The zero-order valence-corrected chi connectivity index (χ0v) is 15.3. The van der Waals surface area contributed by atoms with Gasteiger partial charge in [-0.15, -0.1) is 5.10 Å². The fourth-order valence-electron chi connectivity index (χ4n) is 2.93. The van der Waals surface area contributed by atoms with Crippen LogP contribution in [0.25, 0.3) is 5.65 Å². The number of nitrogens with two attached hydrogens (primary N) is 1. The van der Waals surface area contributed by atoms with Gasteiger partial charge in [-0.2, -0.15) is 28.2 Å². The highest BCUT2D eigenvalue weighted by Gasteiger charge is 2.30. The van der Waals surface area contributed by atoms with Crippen molar-refractivity contribution in [2.24, 2.45) is 11.7 Å². The van der Waals surface area contributed by atoms with Gasteiger partial charge in [0.05, 0.1) is 43.8 Å². The third-order valence-electron chi connectivity index (χ3n) is 4.70. The minimum atomic E-state index is -4.31. The number of hydrogen-bond donors (Lipinski definition) is 2. The van der Waals surface area contributed by atoms with E-state index < -0.39 is 25.0 Å². The van der Waals surface area contributed by atoms with E-state index in [1.165, 1.54) is 0 Å². The lowest BCUT2D eigenvalue weighted by atomic mass is 10.1. The van der Waals surface area contributed by atoms with Gasteiger partial charge in [0.2, 0.25) is 0 Å². The summed E-state index contributed by atoms with van der Waals surface area (Å²) in [7, 11) is 0. The van der Waals surface area contributed by atoms with Crippen molar-refractivity contribution in [1.82, 2.24) is 34.9 Å². The fraction of sp³-hybridized carbons (Fsp3) is 0.471. The molecule has 3 aromatic rings. The van der Waals surface area contributed by atoms with Gasteiger partial charge in [-0.25, -0.2) is 9.50 Å². The minimum Gasteiger partial charge on any atom is -0.345 e. The number of carbonyl (C=O) groups is 1. The molecule has 0 radical (unpaired) electrons. The van der Waals surface area contributed by atoms with Crippen molar-refractivity contribution in [2.75, 3.05) is 0 Å². The lowest BCUT2D eigenvalue weighted by Gasteiger charge is -2.09. The molecule has 12 heteroatoms. The number of halogens is 3. The lowest BCUT2D eigenvalue weighted by Crippen LogP contribution is -2.23. The molecule has 0 aromatic carbocycles. The van der Waals surface area contributed by atoms with Crippen LogP contribution >= 0.6 is 0 Å². The monoisotopic (exact) mass is 408 g/mol. The number of aryl methyl sites for hydroxylation is 1. The summed E-state index contributed by atoms with van der Waals surface area (Å²) in [5.74, 6) is -0.0535. The van der Waals surface area contributed by atoms with Crippen molar-refractivity contribution in [1.29, 1.82) is 0 Å². The molecule has 1 atom stereocenters. The normalized spacial score (nSPS) is 15.6. The van der Waals surface area contributed by atoms with Crippen molar-refractivity contribution in [3.8, 4) is 0 Å². The van der Waals surface area contributed by atoms with Crippen LogP contribution in [-0.4, -0.2) is 41.7 Å². The van der Waals surface area contributed by atoms with E-state index in [-0.39, 0.29) is 18.3 Å². The number of nitrogens with one attached hydrogen (secondary N) is 1. The number of amides is 1. The molecule has 3 N–H and O–H groups in total. The first kappa shape index (κ1) is 19.3. The molecule has 1 aliphatic rings. The van der Waals surface area contributed by atoms with Gasteiger partial charge in [-0.3, -0.25) is 4.79 Å². The zero-order valence-electron chi connectivity index (χ0n) is 15.3. The van der Waals surface area contributed by atoms with E-state index in [0.29, 0.717) is 17.3 Å². The summed E-state index contributed by atoms with van der Waals surface area (Å²) in [5, 5.41) is 14.4. The Morgan fingerprint density at radius 3 is 2.83 bits per heavy atom. The van der Waals surface area contributed by atoms with Crippen molar-refractivity contribution in [2.45, 2.75) is 44.6 Å². The molecule has 1 aliphatic carbocycles. The van der Waals surface area contributed by atoms with Gasteiger partial charge in [0.1, 0.15) is 0 Å². The molecule has 1 amide bonds. The van der Waals surface area contributed by atoms with Crippen LogP contribution in [0.15, 0.2) is 24.7 Å². The molecule has 1 unspecified atom stereocenters. The highest BCUT2D eigenvalue weighted by Crippen LogP contribution is 2.39. The molecule has 0 spiro atoms. The van der Waals surface area contributed by atoms with E-state index in [4.69, 9.17) is 5.73 Å². The van der Waals surface area contributed by atoms with E-state index in [0.717, 1.165) is 29.4 Å². The average Bonchev–Trinajstić information content (AvgIpc) is 3.27. The van der Waals surface area contributed by atoms with E-state index in [1.807, 2.05) is 6.07 Å². The van der Waals surface area contributed by atoms with Gasteiger partial charge in [0.25, 0.3) is 5.91 Å². The summed E-state index contributed by atoms with van der Waals surface area (Å²) < 4.78 is 38.3. The Labute approximate surface area is 163 Å². The van der Waals surface area contributed by atoms with Gasteiger partial charge in [-0.05, 0) is 30.4 Å². The summed E-state index contributed by atoms with van der Waals surface area (Å²) in [6, 6.07) is 1.83. The number of alkyl halides is 3. The van der Waals surface area contributed by atoms with Crippen molar-refractivity contribution in [3.63, 3.8) is 0 Å². The second-order valence-electron chi connectivity index (χ2n) is 7.06. The van der Waals surface area contributed by atoms with Crippen LogP contribution in [0.1, 0.15) is 47.1 Å². The molecule has 1 fully saturated rings. The Kier molecular flexibility index (Phi) is 4.94. The second-order valence-corrected chi connectivity index (χ2v) is 7.06. The van der Waals surface area contributed by atoms with Gasteiger partial charge in [-0.1, -0.05) is 0 Å². The molecule has 0 aliphatic heterocycles. The number of hydrogen-bond acceptors (Lipinski definition) is 6. The smallest absolute Gasteiger partial charge is 0.345 e. The number of carbonyl (C=O) groups excluding carboxylic acids is 1. The van der Waals surface area contributed by atoms with Crippen LogP contribution in [0.3, 0.4) is 0 Å². The first-order valence-corrected chi connectivity index (χ1v) is 9.13. The quantitative estimate of drug-likeness (QED) is 0.614. The third kappa shape index (κ3) is 4.70. The molecule has 3 heterocycles. The second kappa shape index (κ2) is 7.43. The predicted octanol–water partition coefficient (Wildman–Crippen LogP) is 1.61. The van der Waals surface area contributed by atoms with Crippen molar-refractivity contribution >= 4 is 11.6 Å². The molecule has 1 saturated carbocycles. The fourth-order valence-corrected chi connectivity index (χ4v) is 2.93. The molecule has 3 aromatic heterocycles. The number of nitrogens with zero attached hydrogens (tertiary/aromatic N) is 6. The summed E-state index contributed by atoms with van der Waals surface area (Å²) in [6.45, 7) is -0.332. The number of fused-ring (bicyclic) bond motifs is 1. The number of imidazole rings is 1. The maximum atomic E-state index is 12.2. The minimum absolute atomic E-state index is 0.0488. The summed E-state index contributed by atoms with van der Waals surface area (Å²) in [6.07, 6.45) is 1.40. The molecular formula is C17H19F3N8O. The number of aromatic nitrogens is 6. The van der Waals surface area contributed by atoms with Gasteiger partial charge in [0, 0.05) is 6.04 Å². The molecule has 0 bridgehead atoms. The molecule has 4 rings (SSSR count). The topological polar surface area (TPSA) is 116 Å². The van der Waals surface area contributed by atoms with E-state index in [1.54, 1.807) is 16.9 Å². The molecular weight excluding hydrogens is 389 g/mol. The molecule has 9 nitrogen and oxygen atoms in total. The first-order valence-electron chi connectivity index (χ1n) is 9.13. The zero-order chi connectivity index (χ0) is 20.6. The summed E-state index contributed by atoms with van der Waals surface area (Å²) in [5.41, 5.74) is 8.26. The Bertz CT molecular complexity index is 1020. The van der Waals surface area contributed by atoms with Crippen LogP contribution in [0.5, 0.6) is 0 Å². The maximum Gasteiger partial charge on any atom is 0.390 e. The predicted molar refractivity (Wildman–Crippen MR) is 94.5 cm³/mol. The van der Waals surface area contributed by atoms with Crippen LogP contribution < -0.4 is 11.1 Å². The Balaban J connectivity index is 1.36. The van der Waals surface area contributed by atoms with Crippen LogP contribution in [0.4, 0.5) is 13.2 Å². The Morgan fingerprint density at radius 1 is 1.31 bits per heavy atom. The van der Waals surface area contributed by atoms with E-state index >= 15 is 0 Å². The van der Waals surface area contributed by atoms with Crippen molar-refractivity contribution in [3.05, 3.63) is 41.6 Å². The SMILES string of the molecule is NC(c1cnn2cc(CNC(=O)c3cnn(CCC(F)(F)F)n3)nc2c1)C1CC1. The average molecular weight is 408 g/mol. The molecule has 154 valence electrons. The highest BCUT2D eigenvalue weighted by atomic mass is 19.4. The maximum absolute atomic E-state index is 12.2. The molecule has 29 heavy (non-hydrogen) atoms. The van der Waals surface area contributed by atoms with Crippen LogP contribution in [-0.2, 0) is 13.1 Å². The van der Waals surface area contributed by atoms with Gasteiger partial charge < -0.3 is 11.1 Å². The van der Waals surface area contributed by atoms with Crippen LogP contribution in [0, 0.1) is 5.92 Å². The summed E-state index contributed by atoms with van der Waals surface area (Å²) >= 11 is 0. The lowest BCUT2D eigenvalue weighted by molar-refractivity contribution is -0.137. The van der Waals surface area contributed by atoms with E-state index in [9.17, 15) is 18.0 Å². The third-order valence-corrected chi connectivity index (χ3v) is 4.70.